The van der Waals surface area contributed by atoms with E-state index in [1.165, 1.54) is 12.1 Å². The van der Waals surface area contributed by atoms with E-state index < -0.39 is 0 Å². The van der Waals surface area contributed by atoms with Gasteiger partial charge in [0.2, 0.25) is 0 Å². The van der Waals surface area contributed by atoms with Gasteiger partial charge in [-0.1, -0.05) is 20.3 Å². The summed E-state index contributed by atoms with van der Waals surface area (Å²) in [4.78, 5) is 2.59. The fourth-order valence-electron chi connectivity index (χ4n) is 2.93. The van der Waals surface area contributed by atoms with Crippen LogP contribution in [0.5, 0.6) is 0 Å². The molecule has 0 aliphatic carbocycles. The van der Waals surface area contributed by atoms with E-state index in [2.05, 4.69) is 68.7 Å². The van der Waals surface area contributed by atoms with Gasteiger partial charge >= 0.3 is 0 Å². The molecule has 0 amide bonds. The van der Waals surface area contributed by atoms with Gasteiger partial charge in [0.1, 0.15) is 0 Å². The summed E-state index contributed by atoms with van der Waals surface area (Å²) in [6.45, 7) is 16.7. The van der Waals surface area contributed by atoms with E-state index in [1.54, 1.807) is 0 Å². The Labute approximate surface area is 129 Å². The molecule has 2 rings (SSSR count). The maximum atomic E-state index is 4.71. The molecule has 21 heavy (non-hydrogen) atoms. The maximum absolute atomic E-state index is 4.71. The molecule has 1 N–H and O–H groups in total. The average Bonchev–Trinajstić information content (AvgIpc) is 2.89. The van der Waals surface area contributed by atoms with Crippen LogP contribution in [0.15, 0.2) is 12.3 Å². The predicted octanol–water partition coefficient (Wildman–Crippen LogP) is 3.06. The molecule has 2 heterocycles. The summed E-state index contributed by atoms with van der Waals surface area (Å²) in [6, 6.07) is 3.19. The van der Waals surface area contributed by atoms with E-state index >= 15 is 0 Å². The van der Waals surface area contributed by atoms with Crippen LogP contribution in [0.2, 0.25) is 0 Å². The molecule has 1 aromatic rings. The van der Waals surface area contributed by atoms with Gasteiger partial charge in [-0.25, -0.2) is 0 Å². The molecule has 2 atom stereocenters. The Kier molecular flexibility index (Phi) is 5.10. The number of nitrogens with one attached hydrogen (secondary N) is 1. The lowest BCUT2D eigenvalue weighted by Gasteiger charge is -2.47. The third-order valence-electron chi connectivity index (χ3n) is 4.95. The van der Waals surface area contributed by atoms with Gasteiger partial charge in [0, 0.05) is 43.5 Å². The topological polar surface area (TPSA) is 33.1 Å². The first kappa shape index (κ1) is 16.5. The summed E-state index contributed by atoms with van der Waals surface area (Å²) in [7, 11) is 0. The quantitative estimate of drug-likeness (QED) is 0.905. The van der Waals surface area contributed by atoms with Crippen molar-refractivity contribution in [1.29, 1.82) is 0 Å². The minimum atomic E-state index is 0.186. The molecule has 2 unspecified atom stereocenters. The Hall–Kier alpha value is -0.870. The number of aromatic nitrogens is 2. The second kappa shape index (κ2) is 6.49. The SMILES string of the molecule is CCC(C)C1CN(Cc2ccn(C(C)C)n2)C(C)(C)CN1. The Morgan fingerprint density at radius 3 is 2.67 bits per heavy atom. The molecule has 1 aliphatic heterocycles. The largest absolute Gasteiger partial charge is 0.311 e. The van der Waals surface area contributed by atoms with Crippen LogP contribution < -0.4 is 5.32 Å². The lowest BCUT2D eigenvalue weighted by atomic mass is 9.90. The van der Waals surface area contributed by atoms with Crippen LogP contribution >= 0.6 is 0 Å². The van der Waals surface area contributed by atoms with Gasteiger partial charge in [-0.3, -0.25) is 9.58 Å². The highest BCUT2D eigenvalue weighted by Gasteiger charge is 2.35. The zero-order valence-corrected chi connectivity index (χ0v) is 14.6. The zero-order valence-electron chi connectivity index (χ0n) is 14.6. The van der Waals surface area contributed by atoms with E-state index in [4.69, 9.17) is 5.10 Å². The standard InChI is InChI=1S/C17H32N4/c1-7-14(4)16-11-20(17(5,6)12-18-16)10-15-8-9-21(19-15)13(2)3/h8-9,13-14,16,18H,7,10-12H2,1-6H3. The van der Waals surface area contributed by atoms with Crippen molar-refractivity contribution < 1.29 is 0 Å². The normalized spacial score (nSPS) is 24.4. The van der Waals surface area contributed by atoms with Gasteiger partial charge in [0.15, 0.2) is 0 Å². The van der Waals surface area contributed by atoms with Crippen LogP contribution in [0.1, 0.15) is 59.7 Å². The van der Waals surface area contributed by atoms with Crippen molar-refractivity contribution in [2.75, 3.05) is 13.1 Å². The molecule has 0 bridgehead atoms. The van der Waals surface area contributed by atoms with Crippen LogP contribution in [0, 0.1) is 5.92 Å². The summed E-state index contributed by atoms with van der Waals surface area (Å²) in [5, 5.41) is 8.45. The first-order chi connectivity index (χ1) is 9.83. The van der Waals surface area contributed by atoms with Gasteiger partial charge in [0.05, 0.1) is 5.69 Å². The molecular formula is C17H32N4. The second-order valence-electron chi connectivity index (χ2n) is 7.45. The molecule has 1 aliphatic rings. The van der Waals surface area contributed by atoms with Gasteiger partial charge in [-0.05, 0) is 39.7 Å². The first-order valence-electron chi connectivity index (χ1n) is 8.36. The molecule has 4 nitrogen and oxygen atoms in total. The van der Waals surface area contributed by atoms with E-state index in [9.17, 15) is 0 Å². The molecule has 1 aromatic heterocycles. The van der Waals surface area contributed by atoms with Crippen molar-refractivity contribution >= 4 is 0 Å². The molecule has 1 saturated heterocycles. The fraction of sp³-hybridized carbons (Fsp3) is 0.824. The molecule has 1 fully saturated rings. The third kappa shape index (κ3) is 3.86. The van der Waals surface area contributed by atoms with Crippen molar-refractivity contribution in [1.82, 2.24) is 20.0 Å². The number of piperazine rings is 1. The van der Waals surface area contributed by atoms with E-state index in [1.807, 2.05) is 0 Å². The molecule has 0 aromatic carbocycles. The number of nitrogens with zero attached hydrogens (tertiary/aromatic N) is 3. The van der Waals surface area contributed by atoms with Gasteiger partial charge in [-0.2, -0.15) is 5.10 Å². The molecular weight excluding hydrogens is 260 g/mol. The van der Waals surface area contributed by atoms with E-state index in [0.29, 0.717) is 12.1 Å². The molecule has 0 radical (unpaired) electrons. The summed E-state index contributed by atoms with van der Waals surface area (Å²) >= 11 is 0. The van der Waals surface area contributed by atoms with Crippen LogP contribution in [0.25, 0.3) is 0 Å². The van der Waals surface area contributed by atoms with E-state index in [-0.39, 0.29) is 5.54 Å². The van der Waals surface area contributed by atoms with Crippen LogP contribution in [-0.4, -0.2) is 39.4 Å². The summed E-state index contributed by atoms with van der Waals surface area (Å²) in [5.41, 5.74) is 1.37. The van der Waals surface area contributed by atoms with Crippen molar-refractivity contribution in [2.45, 2.75) is 72.1 Å². The summed E-state index contributed by atoms with van der Waals surface area (Å²) < 4.78 is 2.05. The van der Waals surface area contributed by atoms with Crippen molar-refractivity contribution in [2.24, 2.45) is 5.92 Å². The highest BCUT2D eigenvalue weighted by atomic mass is 15.3. The van der Waals surface area contributed by atoms with Crippen molar-refractivity contribution in [3.63, 3.8) is 0 Å². The molecule has 0 spiro atoms. The highest BCUT2D eigenvalue weighted by Crippen LogP contribution is 2.24. The maximum Gasteiger partial charge on any atom is 0.0765 e. The Morgan fingerprint density at radius 2 is 2.10 bits per heavy atom. The van der Waals surface area contributed by atoms with E-state index in [0.717, 1.165) is 25.6 Å². The van der Waals surface area contributed by atoms with Crippen LogP contribution in [0.4, 0.5) is 0 Å². The average molecular weight is 292 g/mol. The van der Waals surface area contributed by atoms with Crippen LogP contribution in [0.3, 0.4) is 0 Å². The Balaban J connectivity index is 2.07. The van der Waals surface area contributed by atoms with Gasteiger partial charge < -0.3 is 5.32 Å². The smallest absolute Gasteiger partial charge is 0.0765 e. The zero-order chi connectivity index (χ0) is 15.6. The van der Waals surface area contributed by atoms with Crippen molar-refractivity contribution in [3.8, 4) is 0 Å². The van der Waals surface area contributed by atoms with Crippen molar-refractivity contribution in [3.05, 3.63) is 18.0 Å². The highest BCUT2D eigenvalue weighted by molar-refractivity contribution is 5.03. The fourth-order valence-corrected chi connectivity index (χ4v) is 2.93. The molecule has 0 saturated carbocycles. The summed E-state index contributed by atoms with van der Waals surface area (Å²) in [6.07, 6.45) is 3.33. The lowest BCUT2D eigenvalue weighted by Crippen LogP contribution is -2.62. The second-order valence-corrected chi connectivity index (χ2v) is 7.45. The number of rotatable bonds is 5. The molecule has 120 valence electrons. The van der Waals surface area contributed by atoms with Gasteiger partial charge in [-0.15, -0.1) is 0 Å². The Morgan fingerprint density at radius 1 is 1.38 bits per heavy atom. The minimum absolute atomic E-state index is 0.186. The summed E-state index contributed by atoms with van der Waals surface area (Å²) in [5.74, 6) is 0.719. The number of hydrogen-bond acceptors (Lipinski definition) is 3. The Bertz CT molecular complexity index is 449. The van der Waals surface area contributed by atoms with Gasteiger partial charge in [0.25, 0.3) is 0 Å². The predicted molar refractivity (Wildman–Crippen MR) is 88.3 cm³/mol. The minimum Gasteiger partial charge on any atom is -0.311 e. The first-order valence-corrected chi connectivity index (χ1v) is 8.36. The molecule has 4 heteroatoms. The third-order valence-corrected chi connectivity index (χ3v) is 4.95. The lowest BCUT2D eigenvalue weighted by molar-refractivity contribution is 0.0436. The van der Waals surface area contributed by atoms with Crippen LogP contribution in [-0.2, 0) is 6.54 Å². The monoisotopic (exact) mass is 292 g/mol. The number of hydrogen-bond donors (Lipinski definition) is 1.